The Morgan fingerprint density at radius 2 is 1.81 bits per heavy atom. The number of nitrogens with two attached hydrogens (primary N) is 1. The van der Waals surface area contributed by atoms with Gasteiger partial charge in [0.05, 0.1) is 6.04 Å². The predicted octanol–water partition coefficient (Wildman–Crippen LogP) is 2.26. The molecule has 1 aromatic rings. The average molecular weight is 292 g/mol. The van der Waals surface area contributed by atoms with Gasteiger partial charge in [-0.05, 0) is 24.0 Å². The number of carbonyl (C=O) groups excluding carboxylic acids is 1. The van der Waals surface area contributed by atoms with Crippen LogP contribution in [0.3, 0.4) is 0 Å². The highest BCUT2D eigenvalue weighted by molar-refractivity contribution is 5.97. The van der Waals surface area contributed by atoms with Crippen LogP contribution < -0.4 is 10.6 Å². The van der Waals surface area contributed by atoms with E-state index in [0.717, 1.165) is 5.69 Å². The second kappa shape index (κ2) is 7.22. The first-order valence-corrected chi connectivity index (χ1v) is 7.07. The van der Waals surface area contributed by atoms with Crippen molar-refractivity contribution in [1.82, 2.24) is 0 Å². The summed E-state index contributed by atoms with van der Waals surface area (Å²) in [5, 5.41) is 8.75. The van der Waals surface area contributed by atoms with Gasteiger partial charge in [-0.3, -0.25) is 9.59 Å². The van der Waals surface area contributed by atoms with Crippen LogP contribution in [0, 0.1) is 5.41 Å². The van der Waals surface area contributed by atoms with Crippen LogP contribution in [0.25, 0.3) is 0 Å². The molecule has 1 aromatic carbocycles. The summed E-state index contributed by atoms with van der Waals surface area (Å²) in [6.07, 6.45) is 0.425. The van der Waals surface area contributed by atoms with Crippen LogP contribution in [-0.2, 0) is 9.59 Å². The summed E-state index contributed by atoms with van der Waals surface area (Å²) in [4.78, 5) is 24.9. The van der Waals surface area contributed by atoms with Gasteiger partial charge in [0.25, 0.3) is 0 Å². The minimum absolute atomic E-state index is 0.0291. The van der Waals surface area contributed by atoms with Gasteiger partial charge in [0.1, 0.15) is 0 Å². The largest absolute Gasteiger partial charge is 0.481 e. The molecule has 1 unspecified atom stereocenters. The van der Waals surface area contributed by atoms with E-state index in [-0.39, 0.29) is 17.7 Å². The maximum Gasteiger partial charge on any atom is 0.303 e. The SMILES string of the molecule is CC(C)(C)C(N)C(=O)N(CCCC(=O)O)c1ccccc1. The van der Waals surface area contributed by atoms with E-state index >= 15 is 0 Å². The number of benzene rings is 1. The Kier molecular flexibility index (Phi) is 5.90. The van der Waals surface area contributed by atoms with Crippen molar-refractivity contribution in [3.63, 3.8) is 0 Å². The number of rotatable bonds is 6. The summed E-state index contributed by atoms with van der Waals surface area (Å²) in [5.74, 6) is -1.05. The lowest BCUT2D eigenvalue weighted by atomic mass is 9.86. The number of amides is 1. The van der Waals surface area contributed by atoms with Crippen LogP contribution in [-0.4, -0.2) is 29.6 Å². The fourth-order valence-electron chi connectivity index (χ4n) is 1.90. The zero-order chi connectivity index (χ0) is 16.0. The third kappa shape index (κ3) is 5.19. The average Bonchev–Trinajstić information content (AvgIpc) is 2.41. The summed E-state index contributed by atoms with van der Waals surface area (Å²) in [7, 11) is 0. The first-order chi connectivity index (χ1) is 9.73. The molecule has 0 heterocycles. The molecule has 0 bridgehead atoms. The Labute approximate surface area is 125 Å². The van der Waals surface area contributed by atoms with Gasteiger partial charge in [-0.2, -0.15) is 0 Å². The number of aliphatic carboxylic acids is 1. The van der Waals surface area contributed by atoms with Crippen molar-refractivity contribution in [1.29, 1.82) is 0 Å². The van der Waals surface area contributed by atoms with Gasteiger partial charge in [-0.1, -0.05) is 39.0 Å². The van der Waals surface area contributed by atoms with Gasteiger partial charge < -0.3 is 15.7 Å². The molecule has 0 fully saturated rings. The smallest absolute Gasteiger partial charge is 0.303 e. The molecule has 1 atom stereocenters. The number of carbonyl (C=O) groups is 2. The van der Waals surface area contributed by atoms with Crippen molar-refractivity contribution >= 4 is 17.6 Å². The number of carboxylic acid groups (broad SMARTS) is 1. The Morgan fingerprint density at radius 3 is 2.29 bits per heavy atom. The highest BCUT2D eigenvalue weighted by Gasteiger charge is 2.31. The summed E-state index contributed by atoms with van der Waals surface area (Å²) in [5.41, 5.74) is 6.45. The third-order valence-electron chi connectivity index (χ3n) is 3.31. The highest BCUT2D eigenvalue weighted by atomic mass is 16.4. The molecule has 0 aliphatic heterocycles. The molecule has 1 amide bonds. The molecule has 0 aliphatic rings. The molecule has 0 aliphatic carbocycles. The molecule has 0 aromatic heterocycles. The van der Waals surface area contributed by atoms with E-state index < -0.39 is 12.0 Å². The monoisotopic (exact) mass is 292 g/mol. The van der Waals surface area contributed by atoms with Crippen LogP contribution in [0.2, 0.25) is 0 Å². The Bertz CT molecular complexity index is 480. The lowest BCUT2D eigenvalue weighted by Gasteiger charge is -2.32. The normalized spacial score (nSPS) is 12.8. The maximum atomic E-state index is 12.6. The molecule has 116 valence electrons. The van der Waals surface area contributed by atoms with Crippen molar-refractivity contribution in [2.24, 2.45) is 11.1 Å². The van der Waals surface area contributed by atoms with Crippen LogP contribution in [0.4, 0.5) is 5.69 Å². The van der Waals surface area contributed by atoms with Crippen LogP contribution in [0.5, 0.6) is 0 Å². The van der Waals surface area contributed by atoms with Crippen LogP contribution >= 0.6 is 0 Å². The summed E-state index contributed by atoms with van der Waals surface area (Å²) >= 11 is 0. The number of para-hydroxylation sites is 1. The van der Waals surface area contributed by atoms with Gasteiger partial charge in [-0.15, -0.1) is 0 Å². The van der Waals surface area contributed by atoms with Gasteiger partial charge in [-0.25, -0.2) is 0 Å². The van der Waals surface area contributed by atoms with Crippen LogP contribution in [0.15, 0.2) is 30.3 Å². The quantitative estimate of drug-likeness (QED) is 0.842. The molecule has 0 spiro atoms. The first-order valence-electron chi connectivity index (χ1n) is 7.07. The van der Waals surface area contributed by atoms with E-state index in [1.165, 1.54) is 0 Å². The third-order valence-corrected chi connectivity index (χ3v) is 3.31. The first kappa shape index (κ1) is 17.2. The number of hydrogen-bond donors (Lipinski definition) is 2. The fourth-order valence-corrected chi connectivity index (χ4v) is 1.90. The number of nitrogens with zero attached hydrogens (tertiary/aromatic N) is 1. The molecule has 21 heavy (non-hydrogen) atoms. The van der Waals surface area contributed by atoms with E-state index in [0.29, 0.717) is 13.0 Å². The number of hydrogen-bond acceptors (Lipinski definition) is 3. The summed E-state index contributed by atoms with van der Waals surface area (Å²) in [6.45, 7) is 6.08. The molecule has 5 heteroatoms. The number of carboxylic acids is 1. The van der Waals surface area contributed by atoms with Crippen molar-refractivity contribution in [3.8, 4) is 0 Å². The zero-order valence-electron chi connectivity index (χ0n) is 12.9. The second-order valence-corrected chi connectivity index (χ2v) is 6.17. The van der Waals surface area contributed by atoms with Gasteiger partial charge in [0.15, 0.2) is 0 Å². The van der Waals surface area contributed by atoms with Gasteiger partial charge >= 0.3 is 5.97 Å². The standard InChI is InChI=1S/C16H24N2O3/c1-16(2,3)14(17)15(21)18(11-7-10-13(19)20)12-8-5-4-6-9-12/h4-6,8-9,14H,7,10-11,17H2,1-3H3,(H,19,20). The minimum Gasteiger partial charge on any atom is -0.481 e. The molecule has 0 saturated carbocycles. The van der Waals surface area contributed by atoms with Crippen molar-refractivity contribution in [3.05, 3.63) is 30.3 Å². The second-order valence-electron chi connectivity index (χ2n) is 6.17. The van der Waals surface area contributed by atoms with Crippen molar-refractivity contribution in [2.75, 3.05) is 11.4 Å². The highest BCUT2D eigenvalue weighted by Crippen LogP contribution is 2.22. The van der Waals surface area contributed by atoms with E-state index in [4.69, 9.17) is 10.8 Å². The lowest BCUT2D eigenvalue weighted by Crippen LogP contribution is -2.51. The van der Waals surface area contributed by atoms with E-state index in [1.54, 1.807) is 4.90 Å². The molecular formula is C16H24N2O3. The maximum absolute atomic E-state index is 12.6. The summed E-state index contributed by atoms with van der Waals surface area (Å²) < 4.78 is 0. The van der Waals surface area contributed by atoms with E-state index in [9.17, 15) is 9.59 Å². The van der Waals surface area contributed by atoms with Crippen LogP contribution in [0.1, 0.15) is 33.6 Å². The number of anilines is 1. The van der Waals surface area contributed by atoms with Crippen molar-refractivity contribution in [2.45, 2.75) is 39.7 Å². The topological polar surface area (TPSA) is 83.6 Å². The molecular weight excluding hydrogens is 268 g/mol. The van der Waals surface area contributed by atoms with E-state index in [2.05, 4.69) is 0 Å². The molecule has 1 rings (SSSR count). The van der Waals surface area contributed by atoms with Crippen molar-refractivity contribution < 1.29 is 14.7 Å². The molecule has 0 saturated heterocycles. The van der Waals surface area contributed by atoms with E-state index in [1.807, 2.05) is 51.1 Å². The molecule has 3 N–H and O–H groups in total. The summed E-state index contributed by atoms with van der Waals surface area (Å²) in [6, 6.07) is 8.57. The molecule has 0 radical (unpaired) electrons. The van der Waals surface area contributed by atoms with Gasteiger partial charge in [0.2, 0.25) is 5.91 Å². The predicted molar refractivity (Wildman–Crippen MR) is 83.1 cm³/mol. The van der Waals surface area contributed by atoms with Gasteiger partial charge in [0, 0.05) is 18.7 Å². The Morgan fingerprint density at radius 1 is 1.24 bits per heavy atom. The fraction of sp³-hybridized carbons (Fsp3) is 0.500. The minimum atomic E-state index is -0.865. The Balaban J connectivity index is 2.91. The zero-order valence-corrected chi connectivity index (χ0v) is 12.9. The lowest BCUT2D eigenvalue weighted by molar-refractivity contribution is -0.137. The Hall–Kier alpha value is -1.88. The molecule has 5 nitrogen and oxygen atoms in total.